The van der Waals surface area contributed by atoms with Gasteiger partial charge in [-0.3, -0.25) is 0 Å². The Morgan fingerprint density at radius 2 is 1.88 bits per heavy atom. The molecule has 6 heteroatoms. The molecule has 2 atom stereocenters. The molecule has 1 heterocycles. The van der Waals surface area contributed by atoms with Crippen LogP contribution < -0.4 is 4.72 Å². The monoisotopic (exact) mass is 326 g/mol. The van der Waals surface area contributed by atoms with Gasteiger partial charge in [-0.05, 0) is 31.6 Å². The van der Waals surface area contributed by atoms with Crippen molar-refractivity contribution in [2.45, 2.75) is 39.7 Å². The number of rotatable bonds is 5. The molecule has 1 N–H and O–H groups in total. The molecule has 1 saturated heterocycles. The van der Waals surface area contributed by atoms with E-state index >= 15 is 0 Å². The molecule has 1 fully saturated rings. The standard InChI is InChI=1S/C11H23BrN2O2S/c1-9-4-6-14(7-5-9)17(15,16)13-11(3)10(2)8-12/h9-11,13H,4-8H2,1-3H3. The summed E-state index contributed by atoms with van der Waals surface area (Å²) in [6.45, 7) is 7.40. The van der Waals surface area contributed by atoms with Gasteiger partial charge in [-0.2, -0.15) is 17.4 Å². The van der Waals surface area contributed by atoms with E-state index in [1.165, 1.54) is 0 Å². The Hall–Kier alpha value is 0.350. The predicted octanol–water partition coefficient (Wildman–Crippen LogP) is 1.97. The first kappa shape index (κ1) is 15.4. The van der Waals surface area contributed by atoms with Gasteiger partial charge in [-0.15, -0.1) is 0 Å². The molecule has 1 aliphatic rings. The third kappa shape index (κ3) is 4.50. The Bertz CT molecular complexity index is 326. The van der Waals surface area contributed by atoms with Gasteiger partial charge in [0.2, 0.25) is 0 Å². The minimum Gasteiger partial charge on any atom is -0.199 e. The highest BCUT2D eigenvalue weighted by Crippen LogP contribution is 2.18. The van der Waals surface area contributed by atoms with Crippen molar-refractivity contribution >= 4 is 26.1 Å². The summed E-state index contributed by atoms with van der Waals surface area (Å²) in [6.07, 6.45) is 1.92. The lowest BCUT2D eigenvalue weighted by Crippen LogP contribution is -2.49. The van der Waals surface area contributed by atoms with Crippen LogP contribution in [-0.4, -0.2) is 37.2 Å². The highest BCUT2D eigenvalue weighted by atomic mass is 79.9. The van der Waals surface area contributed by atoms with Crippen LogP contribution in [0.2, 0.25) is 0 Å². The average Bonchev–Trinajstić information content (AvgIpc) is 2.27. The van der Waals surface area contributed by atoms with Crippen molar-refractivity contribution in [1.29, 1.82) is 0 Å². The van der Waals surface area contributed by atoms with Crippen LogP contribution in [0.15, 0.2) is 0 Å². The highest BCUT2D eigenvalue weighted by Gasteiger charge is 2.28. The summed E-state index contributed by atoms with van der Waals surface area (Å²) in [5, 5.41) is 0.799. The van der Waals surface area contributed by atoms with Crippen LogP contribution in [0.3, 0.4) is 0 Å². The summed E-state index contributed by atoms with van der Waals surface area (Å²) in [5.74, 6) is 0.925. The molecule has 0 amide bonds. The van der Waals surface area contributed by atoms with Gasteiger partial charge in [0, 0.05) is 24.5 Å². The number of nitrogens with zero attached hydrogens (tertiary/aromatic N) is 1. The number of hydrogen-bond acceptors (Lipinski definition) is 2. The van der Waals surface area contributed by atoms with E-state index < -0.39 is 10.2 Å². The third-order valence-electron chi connectivity index (χ3n) is 3.51. The number of alkyl halides is 1. The SMILES string of the molecule is CC1CCN(S(=O)(=O)NC(C)C(C)CBr)CC1. The second kappa shape index (κ2) is 6.50. The molecule has 0 aromatic rings. The van der Waals surface area contributed by atoms with Gasteiger partial charge in [0.25, 0.3) is 10.2 Å². The fourth-order valence-electron chi connectivity index (χ4n) is 1.78. The predicted molar refractivity (Wildman–Crippen MR) is 74.4 cm³/mol. The molecule has 102 valence electrons. The normalized spacial score (nSPS) is 23.5. The average molecular weight is 327 g/mol. The largest absolute Gasteiger partial charge is 0.279 e. The van der Waals surface area contributed by atoms with Gasteiger partial charge in [0.05, 0.1) is 0 Å². The minimum atomic E-state index is -3.30. The van der Waals surface area contributed by atoms with Crippen LogP contribution in [0, 0.1) is 11.8 Å². The van der Waals surface area contributed by atoms with E-state index in [9.17, 15) is 8.42 Å². The Morgan fingerprint density at radius 1 is 1.35 bits per heavy atom. The lowest BCUT2D eigenvalue weighted by Gasteiger charge is -2.31. The molecule has 2 unspecified atom stereocenters. The lowest BCUT2D eigenvalue weighted by molar-refractivity contribution is 0.282. The maximum absolute atomic E-state index is 12.1. The molecule has 1 rings (SSSR count). The summed E-state index contributed by atoms with van der Waals surface area (Å²) in [5.41, 5.74) is 0. The highest BCUT2D eigenvalue weighted by molar-refractivity contribution is 9.09. The second-order valence-corrected chi connectivity index (χ2v) is 7.47. The van der Waals surface area contributed by atoms with E-state index in [0.717, 1.165) is 18.2 Å². The zero-order valence-corrected chi connectivity index (χ0v) is 13.2. The molecule has 0 radical (unpaired) electrons. The van der Waals surface area contributed by atoms with Crippen molar-refractivity contribution in [1.82, 2.24) is 9.03 Å². The first-order valence-electron chi connectivity index (χ1n) is 6.20. The quantitative estimate of drug-likeness (QED) is 0.785. The van der Waals surface area contributed by atoms with E-state index in [1.54, 1.807) is 4.31 Å². The first-order chi connectivity index (χ1) is 7.86. The molecule has 0 aromatic heterocycles. The topological polar surface area (TPSA) is 49.4 Å². The summed E-state index contributed by atoms with van der Waals surface area (Å²) >= 11 is 3.38. The molecule has 0 saturated carbocycles. The fourth-order valence-corrected chi connectivity index (χ4v) is 3.89. The molecular weight excluding hydrogens is 304 g/mol. The van der Waals surface area contributed by atoms with Crippen molar-refractivity contribution in [3.05, 3.63) is 0 Å². The second-order valence-electron chi connectivity index (χ2n) is 5.12. The lowest BCUT2D eigenvalue weighted by atomic mass is 10.0. The molecule has 1 aliphatic heterocycles. The maximum atomic E-state index is 12.1. The first-order valence-corrected chi connectivity index (χ1v) is 8.76. The van der Waals surface area contributed by atoms with Gasteiger partial charge < -0.3 is 0 Å². The Morgan fingerprint density at radius 3 is 2.35 bits per heavy atom. The molecule has 0 bridgehead atoms. The van der Waals surface area contributed by atoms with Crippen LogP contribution in [-0.2, 0) is 10.2 Å². The summed E-state index contributed by atoms with van der Waals surface area (Å²) < 4.78 is 28.6. The molecule has 0 aromatic carbocycles. The van der Waals surface area contributed by atoms with Crippen LogP contribution in [0.4, 0.5) is 0 Å². The molecule has 0 aliphatic carbocycles. The van der Waals surface area contributed by atoms with E-state index in [2.05, 4.69) is 27.6 Å². The van der Waals surface area contributed by atoms with Gasteiger partial charge in [0.15, 0.2) is 0 Å². The van der Waals surface area contributed by atoms with Gasteiger partial charge in [-0.25, -0.2) is 0 Å². The third-order valence-corrected chi connectivity index (χ3v) is 6.25. The van der Waals surface area contributed by atoms with E-state index in [0.29, 0.717) is 19.0 Å². The molecular formula is C11H23BrN2O2S. The minimum absolute atomic E-state index is 0.0428. The zero-order chi connectivity index (χ0) is 13.1. The van der Waals surface area contributed by atoms with Crippen LogP contribution >= 0.6 is 15.9 Å². The zero-order valence-electron chi connectivity index (χ0n) is 10.8. The van der Waals surface area contributed by atoms with Crippen molar-refractivity contribution in [3.8, 4) is 0 Å². The summed E-state index contributed by atoms with van der Waals surface area (Å²) in [7, 11) is -3.30. The fraction of sp³-hybridized carbons (Fsp3) is 1.00. The van der Waals surface area contributed by atoms with E-state index in [-0.39, 0.29) is 12.0 Å². The van der Waals surface area contributed by atoms with Gasteiger partial charge in [-0.1, -0.05) is 29.8 Å². The summed E-state index contributed by atoms with van der Waals surface area (Å²) in [6, 6.07) is -0.0428. The van der Waals surface area contributed by atoms with E-state index in [4.69, 9.17) is 0 Å². The maximum Gasteiger partial charge on any atom is 0.279 e. The number of halogens is 1. The van der Waals surface area contributed by atoms with Crippen LogP contribution in [0.25, 0.3) is 0 Å². The Balaban J connectivity index is 2.56. The molecule has 4 nitrogen and oxygen atoms in total. The molecule has 0 spiro atoms. The van der Waals surface area contributed by atoms with Gasteiger partial charge in [0.1, 0.15) is 0 Å². The Labute approximate surface area is 113 Å². The van der Waals surface area contributed by atoms with Crippen LogP contribution in [0.5, 0.6) is 0 Å². The Kier molecular flexibility index (Phi) is 5.89. The van der Waals surface area contributed by atoms with Crippen molar-refractivity contribution in [2.24, 2.45) is 11.8 Å². The van der Waals surface area contributed by atoms with Crippen molar-refractivity contribution < 1.29 is 8.42 Å². The van der Waals surface area contributed by atoms with E-state index in [1.807, 2.05) is 13.8 Å². The van der Waals surface area contributed by atoms with Crippen molar-refractivity contribution in [3.63, 3.8) is 0 Å². The molecule has 17 heavy (non-hydrogen) atoms. The smallest absolute Gasteiger partial charge is 0.199 e. The number of hydrogen-bond donors (Lipinski definition) is 1. The van der Waals surface area contributed by atoms with Crippen molar-refractivity contribution in [2.75, 3.05) is 18.4 Å². The summed E-state index contributed by atoms with van der Waals surface area (Å²) in [4.78, 5) is 0. The van der Waals surface area contributed by atoms with Crippen LogP contribution in [0.1, 0.15) is 33.6 Å². The van der Waals surface area contributed by atoms with Gasteiger partial charge >= 0.3 is 0 Å². The number of nitrogens with one attached hydrogen (secondary N) is 1. The number of piperidine rings is 1.